The summed E-state index contributed by atoms with van der Waals surface area (Å²) in [5, 5.41) is 17.1. The molecule has 12 heteroatoms. The number of nitrogens with one attached hydrogen (secondary N) is 6. The molecule has 6 N–H and O–H groups in total. The van der Waals surface area contributed by atoms with E-state index in [1.807, 2.05) is 60.7 Å². The van der Waals surface area contributed by atoms with Gasteiger partial charge < -0.3 is 31.9 Å². The van der Waals surface area contributed by atoms with Crippen LogP contribution >= 0.6 is 0 Å². The van der Waals surface area contributed by atoms with Crippen molar-refractivity contribution in [2.75, 3.05) is 13.1 Å². The lowest BCUT2D eigenvalue weighted by Gasteiger charge is -2.29. The maximum absolute atomic E-state index is 13.1. The van der Waals surface area contributed by atoms with Crippen molar-refractivity contribution in [2.45, 2.75) is 65.7 Å². The molecule has 12 nitrogen and oxygen atoms in total. The predicted octanol–water partition coefficient (Wildman–Crippen LogP) is 1.53. The fourth-order valence-electron chi connectivity index (χ4n) is 4.24. The summed E-state index contributed by atoms with van der Waals surface area (Å²) in [6.45, 7) is 6.70. The molecule has 0 aliphatic carbocycles. The number of carbonyl (C=O) groups excluding carboxylic acids is 6. The van der Waals surface area contributed by atoms with E-state index in [0.717, 1.165) is 11.1 Å². The molecule has 0 radical (unpaired) electrons. The van der Waals surface area contributed by atoms with Crippen molar-refractivity contribution in [1.82, 2.24) is 31.9 Å². The van der Waals surface area contributed by atoms with Crippen molar-refractivity contribution in [3.8, 4) is 0 Å². The van der Waals surface area contributed by atoms with Gasteiger partial charge in [-0.15, -0.1) is 0 Å². The lowest BCUT2D eigenvalue weighted by atomic mass is 10.1. The molecule has 0 spiro atoms. The summed E-state index contributed by atoms with van der Waals surface area (Å²) >= 11 is 0. The van der Waals surface area contributed by atoms with Crippen LogP contribution in [0.5, 0.6) is 0 Å². The Bertz CT molecular complexity index is 1410. The highest BCUT2D eigenvalue weighted by molar-refractivity contribution is 5.98. The molecule has 2 atom stereocenters. The van der Waals surface area contributed by atoms with Crippen molar-refractivity contribution in [2.24, 2.45) is 0 Å². The van der Waals surface area contributed by atoms with Crippen molar-refractivity contribution >= 4 is 35.2 Å². The highest BCUT2D eigenvalue weighted by Crippen LogP contribution is 2.02. The lowest BCUT2D eigenvalue weighted by Crippen LogP contribution is -2.60. The first-order chi connectivity index (χ1) is 21.9. The summed E-state index contributed by atoms with van der Waals surface area (Å²) in [5.41, 5.74) is 3.23. The van der Waals surface area contributed by atoms with Gasteiger partial charge in [-0.3, -0.25) is 28.8 Å². The minimum Gasteiger partial charge on any atom is -0.384 e. The first kappa shape index (κ1) is 36.9. The van der Waals surface area contributed by atoms with E-state index in [1.165, 1.54) is 26.0 Å². The predicted molar refractivity (Wildman–Crippen MR) is 175 cm³/mol. The van der Waals surface area contributed by atoms with Crippen LogP contribution in [0, 0.1) is 0 Å². The van der Waals surface area contributed by atoms with Gasteiger partial charge in [-0.05, 0) is 38.8 Å². The molecule has 0 aliphatic heterocycles. The van der Waals surface area contributed by atoms with Gasteiger partial charge in [0.2, 0.25) is 23.6 Å². The lowest BCUT2D eigenvalue weighted by molar-refractivity contribution is -0.130. The second-order valence-corrected chi connectivity index (χ2v) is 10.9. The number of ketones is 2. The van der Waals surface area contributed by atoms with Crippen LogP contribution in [0.2, 0.25) is 0 Å². The molecule has 0 aliphatic rings. The molecule has 246 valence electrons. The average Bonchev–Trinajstić information content (AvgIpc) is 2.99. The Balaban J connectivity index is 2.20. The zero-order chi connectivity index (χ0) is 33.9. The number of hydrogen-bond donors (Lipinski definition) is 6. The van der Waals surface area contributed by atoms with Crippen molar-refractivity contribution < 1.29 is 28.8 Å². The molecule has 2 unspecified atom stereocenters. The van der Waals surface area contributed by atoms with Crippen LogP contribution in [-0.2, 0) is 41.9 Å². The number of allylic oxidation sites excluding steroid dienone is 2. The number of amides is 4. The monoisotopic (exact) mass is 632 g/mol. The largest absolute Gasteiger partial charge is 0.384 e. The van der Waals surface area contributed by atoms with Crippen LogP contribution in [0.3, 0.4) is 0 Å². The van der Waals surface area contributed by atoms with Crippen molar-refractivity contribution in [3.05, 3.63) is 95.3 Å². The summed E-state index contributed by atoms with van der Waals surface area (Å²) in [6, 6.07) is 17.4. The number of Topliss-reactive ketones (excluding diaryl/α,β-unsaturated/α-hetero) is 2. The Hall–Kier alpha value is -5.26. The molecular weight excluding hydrogens is 588 g/mol. The standard InChI is InChI=1S/C34H44N6O6/c1-23(35-19-27-11-7-5-8-12-27)15-31(43)37-21-29(39-33(45)16-24(2)36-20-28-13-9-6-10-14-28)30(40-34(46)18-26(4)42)22-38-32(44)17-25(3)41/h5-16,29-30,35-36H,17-22H2,1-4H3,(H,37,43)(H,38,44)(H,39,45)(H,40,46). The molecule has 0 heterocycles. The van der Waals surface area contributed by atoms with Crippen LogP contribution in [0.1, 0.15) is 51.7 Å². The number of rotatable bonds is 19. The zero-order valence-electron chi connectivity index (χ0n) is 26.8. The Morgan fingerprint density at radius 3 is 1.48 bits per heavy atom. The van der Waals surface area contributed by atoms with Crippen molar-refractivity contribution in [3.63, 3.8) is 0 Å². The molecule has 2 aromatic rings. The third-order valence-corrected chi connectivity index (χ3v) is 6.52. The average molecular weight is 633 g/mol. The quantitative estimate of drug-likeness (QED) is 0.0999. The van der Waals surface area contributed by atoms with Crippen LogP contribution < -0.4 is 31.9 Å². The summed E-state index contributed by atoms with van der Waals surface area (Å²) < 4.78 is 0. The van der Waals surface area contributed by atoms with E-state index in [0.29, 0.717) is 24.5 Å². The van der Waals surface area contributed by atoms with Gasteiger partial charge in [-0.2, -0.15) is 0 Å². The SMILES string of the molecule is CC(=O)CC(=O)NCC(NC(=O)CC(C)=O)C(CNC(=O)C=C(C)NCc1ccccc1)NC(=O)C=C(C)NCc1ccccc1. The molecule has 0 fully saturated rings. The molecule has 4 amide bonds. The van der Waals surface area contributed by atoms with Crippen LogP contribution in [0.15, 0.2) is 84.2 Å². The molecule has 0 saturated heterocycles. The fourth-order valence-corrected chi connectivity index (χ4v) is 4.24. The highest BCUT2D eigenvalue weighted by Gasteiger charge is 2.26. The third-order valence-electron chi connectivity index (χ3n) is 6.52. The molecule has 2 aromatic carbocycles. The van der Waals surface area contributed by atoms with E-state index in [4.69, 9.17) is 0 Å². The molecule has 0 bridgehead atoms. The van der Waals surface area contributed by atoms with E-state index in [1.54, 1.807) is 13.8 Å². The van der Waals surface area contributed by atoms with Gasteiger partial charge in [0, 0.05) is 49.7 Å². The molecule has 0 aromatic heterocycles. The van der Waals surface area contributed by atoms with Gasteiger partial charge in [0.15, 0.2) is 0 Å². The maximum Gasteiger partial charge on any atom is 0.246 e. The Labute approximate surface area is 269 Å². The normalized spacial score (nSPS) is 12.6. The smallest absolute Gasteiger partial charge is 0.246 e. The minimum absolute atomic E-state index is 0.134. The summed E-state index contributed by atoms with van der Waals surface area (Å²) in [5.74, 6) is -2.90. The van der Waals surface area contributed by atoms with Crippen LogP contribution in [0.4, 0.5) is 0 Å². The summed E-state index contributed by atoms with van der Waals surface area (Å²) in [7, 11) is 0. The van der Waals surface area contributed by atoms with Crippen LogP contribution in [-0.4, -0.2) is 60.4 Å². The highest BCUT2D eigenvalue weighted by atomic mass is 16.2. The number of benzene rings is 2. The van der Waals surface area contributed by atoms with E-state index in [2.05, 4.69) is 31.9 Å². The summed E-state index contributed by atoms with van der Waals surface area (Å²) in [4.78, 5) is 73.8. The van der Waals surface area contributed by atoms with Gasteiger partial charge in [0.25, 0.3) is 0 Å². The van der Waals surface area contributed by atoms with Gasteiger partial charge >= 0.3 is 0 Å². The van der Waals surface area contributed by atoms with E-state index in [9.17, 15) is 28.8 Å². The second-order valence-electron chi connectivity index (χ2n) is 10.9. The van der Waals surface area contributed by atoms with Crippen LogP contribution in [0.25, 0.3) is 0 Å². The Morgan fingerprint density at radius 2 is 0.978 bits per heavy atom. The minimum atomic E-state index is -0.945. The second kappa shape index (κ2) is 19.9. The van der Waals surface area contributed by atoms with E-state index < -0.39 is 42.1 Å². The zero-order valence-corrected chi connectivity index (χ0v) is 26.8. The van der Waals surface area contributed by atoms with Crippen molar-refractivity contribution in [1.29, 1.82) is 0 Å². The number of hydrogen-bond acceptors (Lipinski definition) is 8. The topological polar surface area (TPSA) is 175 Å². The molecule has 0 saturated carbocycles. The Kier molecular flexibility index (Phi) is 16.0. The van der Waals surface area contributed by atoms with Gasteiger partial charge in [0.1, 0.15) is 11.6 Å². The number of carbonyl (C=O) groups is 6. The van der Waals surface area contributed by atoms with Gasteiger partial charge in [-0.25, -0.2) is 0 Å². The maximum atomic E-state index is 13.1. The molecule has 2 rings (SSSR count). The van der Waals surface area contributed by atoms with Gasteiger partial charge in [-0.1, -0.05) is 60.7 Å². The third kappa shape index (κ3) is 16.0. The van der Waals surface area contributed by atoms with Gasteiger partial charge in [0.05, 0.1) is 24.9 Å². The van der Waals surface area contributed by atoms with E-state index in [-0.39, 0.29) is 31.1 Å². The summed E-state index contributed by atoms with van der Waals surface area (Å²) in [6.07, 6.45) is 1.94. The molecular formula is C34H44N6O6. The molecule has 46 heavy (non-hydrogen) atoms. The first-order valence-corrected chi connectivity index (χ1v) is 15.0. The first-order valence-electron chi connectivity index (χ1n) is 15.0. The van der Waals surface area contributed by atoms with E-state index >= 15 is 0 Å². The Morgan fingerprint density at radius 1 is 0.543 bits per heavy atom. The fraction of sp³-hybridized carbons (Fsp3) is 0.353.